The third-order valence-corrected chi connectivity index (χ3v) is 4.34. The van der Waals surface area contributed by atoms with Crippen LogP contribution in [0.15, 0.2) is 6.33 Å². The summed E-state index contributed by atoms with van der Waals surface area (Å²) in [6.07, 6.45) is 0.585. The molecule has 1 aliphatic carbocycles. The average molecular weight is 354 g/mol. The van der Waals surface area contributed by atoms with Crippen LogP contribution in [0, 0.1) is 0 Å². The van der Waals surface area contributed by atoms with E-state index in [1.165, 1.54) is 17.8 Å². The van der Waals surface area contributed by atoms with Crippen LogP contribution in [0.1, 0.15) is 26.0 Å². The highest BCUT2D eigenvalue weighted by molar-refractivity contribution is 5.85. The SMILES string of the molecule is C[C@H](O)C(CO)O[C@H](CF)n1cnc2c(N(C)C3CC3)nc(N)nc21. The Hall–Kier alpha value is -2.04. The molecule has 138 valence electrons. The third-order valence-electron chi connectivity index (χ3n) is 4.34. The number of nitrogens with zero attached hydrogens (tertiary/aromatic N) is 5. The van der Waals surface area contributed by atoms with E-state index in [1.807, 2.05) is 11.9 Å². The highest BCUT2D eigenvalue weighted by Gasteiger charge is 2.30. The fraction of sp³-hybridized carbons (Fsp3) is 0.667. The standard InChI is InChI=1S/C15H23FN6O3/c1-8(24)10(6-23)25-11(5-16)22-7-18-12-13(21(2)9-3-4-9)19-15(17)20-14(12)22/h7-11,23-24H,3-6H2,1-2H3,(H2,17,19,20)/t8-,10?,11+/m0/s1. The second kappa shape index (κ2) is 7.06. The van der Waals surface area contributed by atoms with Gasteiger partial charge in [-0.05, 0) is 19.8 Å². The van der Waals surface area contributed by atoms with Crippen LogP contribution in [0.4, 0.5) is 16.2 Å². The lowest BCUT2D eigenvalue weighted by Gasteiger charge is -2.24. The Kier molecular flexibility index (Phi) is 5.02. The van der Waals surface area contributed by atoms with E-state index in [9.17, 15) is 14.6 Å². The number of nitrogen functional groups attached to an aromatic ring is 1. The number of alkyl halides is 1. The van der Waals surface area contributed by atoms with Crippen molar-refractivity contribution < 1.29 is 19.3 Å². The predicted molar refractivity (Wildman–Crippen MR) is 89.8 cm³/mol. The minimum absolute atomic E-state index is 0.0589. The van der Waals surface area contributed by atoms with Gasteiger partial charge in [-0.15, -0.1) is 0 Å². The van der Waals surface area contributed by atoms with Crippen molar-refractivity contribution in [1.29, 1.82) is 0 Å². The summed E-state index contributed by atoms with van der Waals surface area (Å²) in [6, 6.07) is 0.393. The number of aromatic nitrogens is 4. The molecule has 25 heavy (non-hydrogen) atoms. The van der Waals surface area contributed by atoms with Crippen LogP contribution < -0.4 is 10.6 Å². The van der Waals surface area contributed by atoms with Gasteiger partial charge in [0, 0.05) is 13.1 Å². The van der Waals surface area contributed by atoms with E-state index < -0.39 is 31.7 Å². The molecular weight excluding hydrogens is 331 g/mol. The Morgan fingerprint density at radius 1 is 1.48 bits per heavy atom. The molecule has 0 radical (unpaired) electrons. The summed E-state index contributed by atoms with van der Waals surface area (Å²) in [6.45, 7) is 0.144. The number of hydrogen-bond acceptors (Lipinski definition) is 8. The first kappa shape index (κ1) is 17.8. The van der Waals surface area contributed by atoms with Crippen molar-refractivity contribution in [2.75, 3.05) is 31.0 Å². The number of imidazole rings is 1. The number of nitrogens with two attached hydrogens (primary N) is 1. The minimum Gasteiger partial charge on any atom is -0.394 e. The van der Waals surface area contributed by atoms with Crippen molar-refractivity contribution in [2.24, 2.45) is 0 Å². The Morgan fingerprint density at radius 2 is 2.20 bits per heavy atom. The normalized spacial score (nSPS) is 18.3. The Morgan fingerprint density at radius 3 is 2.76 bits per heavy atom. The van der Waals surface area contributed by atoms with E-state index in [1.54, 1.807) is 0 Å². The molecule has 2 heterocycles. The number of anilines is 2. The molecule has 1 unspecified atom stereocenters. The predicted octanol–water partition coefficient (Wildman–Crippen LogP) is 0.234. The zero-order valence-electron chi connectivity index (χ0n) is 14.2. The second-order valence-corrected chi connectivity index (χ2v) is 6.28. The van der Waals surface area contributed by atoms with Crippen LogP contribution in [0.2, 0.25) is 0 Å². The molecular formula is C15H23FN6O3. The largest absolute Gasteiger partial charge is 0.394 e. The molecule has 0 saturated heterocycles. The van der Waals surface area contributed by atoms with E-state index in [-0.39, 0.29) is 5.95 Å². The average Bonchev–Trinajstić information content (AvgIpc) is 3.35. The van der Waals surface area contributed by atoms with E-state index >= 15 is 0 Å². The lowest BCUT2D eigenvalue weighted by molar-refractivity contribution is -0.123. The number of fused-ring (bicyclic) bond motifs is 1. The van der Waals surface area contributed by atoms with Gasteiger partial charge in [0.2, 0.25) is 5.95 Å². The van der Waals surface area contributed by atoms with Gasteiger partial charge in [0.05, 0.1) is 19.0 Å². The van der Waals surface area contributed by atoms with Gasteiger partial charge >= 0.3 is 0 Å². The highest BCUT2D eigenvalue weighted by atomic mass is 19.1. The summed E-state index contributed by atoms with van der Waals surface area (Å²) >= 11 is 0. The molecule has 2 aromatic heterocycles. The van der Waals surface area contributed by atoms with Gasteiger partial charge in [0.15, 0.2) is 23.2 Å². The van der Waals surface area contributed by atoms with Crippen molar-refractivity contribution in [3.05, 3.63) is 6.33 Å². The van der Waals surface area contributed by atoms with Gasteiger partial charge in [-0.25, -0.2) is 9.37 Å². The number of hydrogen-bond donors (Lipinski definition) is 3. The first-order valence-electron chi connectivity index (χ1n) is 8.19. The lowest BCUT2D eigenvalue weighted by atomic mass is 10.2. The smallest absolute Gasteiger partial charge is 0.224 e. The molecule has 3 atom stereocenters. The van der Waals surface area contributed by atoms with E-state index in [4.69, 9.17) is 10.5 Å². The Balaban J connectivity index is 1.98. The molecule has 3 rings (SSSR count). The first-order valence-corrected chi connectivity index (χ1v) is 8.19. The molecule has 1 aliphatic rings. The van der Waals surface area contributed by atoms with Gasteiger partial charge in [0.25, 0.3) is 0 Å². The van der Waals surface area contributed by atoms with Crippen molar-refractivity contribution in [3.8, 4) is 0 Å². The van der Waals surface area contributed by atoms with Gasteiger partial charge in [0.1, 0.15) is 12.8 Å². The Labute approximate surface area is 144 Å². The molecule has 0 aromatic carbocycles. The van der Waals surface area contributed by atoms with E-state index in [0.717, 1.165) is 12.8 Å². The van der Waals surface area contributed by atoms with Crippen LogP contribution >= 0.6 is 0 Å². The van der Waals surface area contributed by atoms with Gasteiger partial charge in [-0.1, -0.05) is 0 Å². The second-order valence-electron chi connectivity index (χ2n) is 6.28. The summed E-state index contributed by atoms with van der Waals surface area (Å²) in [7, 11) is 1.91. The van der Waals surface area contributed by atoms with Gasteiger partial charge in [-0.2, -0.15) is 9.97 Å². The zero-order chi connectivity index (χ0) is 18.1. The van der Waals surface area contributed by atoms with Crippen molar-refractivity contribution >= 4 is 22.9 Å². The summed E-state index contributed by atoms with van der Waals surface area (Å²) in [5.74, 6) is 0.652. The first-order chi connectivity index (χ1) is 12.0. The molecule has 0 bridgehead atoms. The van der Waals surface area contributed by atoms with Crippen LogP contribution in [-0.4, -0.2) is 68.3 Å². The molecule has 1 fully saturated rings. The molecule has 0 aliphatic heterocycles. The molecule has 9 nitrogen and oxygen atoms in total. The maximum atomic E-state index is 13.6. The topological polar surface area (TPSA) is 123 Å². The molecule has 4 N–H and O–H groups in total. The van der Waals surface area contributed by atoms with E-state index in [0.29, 0.717) is 23.0 Å². The van der Waals surface area contributed by atoms with Crippen molar-refractivity contribution in [3.63, 3.8) is 0 Å². The summed E-state index contributed by atoms with van der Waals surface area (Å²) in [5, 5.41) is 18.9. The quantitative estimate of drug-likeness (QED) is 0.616. The van der Waals surface area contributed by atoms with Gasteiger partial charge < -0.3 is 25.6 Å². The van der Waals surface area contributed by atoms with Crippen LogP contribution in [0.3, 0.4) is 0 Å². The van der Waals surface area contributed by atoms with Crippen LogP contribution in [0.5, 0.6) is 0 Å². The number of aliphatic hydroxyl groups is 2. The van der Waals surface area contributed by atoms with Crippen LogP contribution in [0.25, 0.3) is 11.2 Å². The minimum atomic E-state index is -1.09. The third kappa shape index (κ3) is 3.51. The van der Waals surface area contributed by atoms with Crippen molar-refractivity contribution in [2.45, 2.75) is 44.2 Å². The number of ether oxygens (including phenoxy) is 1. The monoisotopic (exact) mass is 354 g/mol. The highest BCUT2D eigenvalue weighted by Crippen LogP contribution is 2.33. The number of rotatable bonds is 8. The maximum absolute atomic E-state index is 13.6. The Bertz CT molecular complexity index is 735. The molecule has 2 aromatic rings. The van der Waals surface area contributed by atoms with Crippen LogP contribution in [-0.2, 0) is 4.74 Å². The zero-order valence-corrected chi connectivity index (χ0v) is 14.2. The van der Waals surface area contributed by atoms with Crippen molar-refractivity contribution in [1.82, 2.24) is 19.5 Å². The van der Waals surface area contributed by atoms with E-state index in [2.05, 4.69) is 15.0 Å². The van der Waals surface area contributed by atoms with Gasteiger partial charge in [-0.3, -0.25) is 4.57 Å². The molecule has 10 heteroatoms. The summed E-state index contributed by atoms with van der Waals surface area (Å²) in [5.41, 5.74) is 6.67. The number of aliphatic hydroxyl groups excluding tert-OH is 2. The molecule has 0 spiro atoms. The molecule has 1 saturated carbocycles. The number of halogens is 1. The summed E-state index contributed by atoms with van der Waals surface area (Å²) < 4.78 is 20.5. The fourth-order valence-electron chi connectivity index (χ4n) is 2.70. The lowest BCUT2D eigenvalue weighted by Crippen LogP contribution is -2.33. The molecule has 0 amide bonds. The maximum Gasteiger partial charge on any atom is 0.224 e. The fourth-order valence-corrected chi connectivity index (χ4v) is 2.70. The summed E-state index contributed by atoms with van der Waals surface area (Å²) in [4.78, 5) is 14.7.